The Balaban J connectivity index is 3.19. The van der Waals surface area contributed by atoms with Crippen LogP contribution in [-0.4, -0.2) is 28.6 Å². The second-order valence-electron chi connectivity index (χ2n) is 3.11. The maximum absolute atomic E-state index is 11.3. The van der Waals surface area contributed by atoms with E-state index in [2.05, 4.69) is 10.6 Å². The zero-order chi connectivity index (χ0) is 13.1. The van der Waals surface area contributed by atoms with E-state index in [1.807, 2.05) is 0 Å². The van der Waals surface area contributed by atoms with Crippen molar-refractivity contribution in [2.45, 2.75) is 4.90 Å². The van der Waals surface area contributed by atoms with E-state index >= 15 is 0 Å². The SMILES string of the molecule is CNC(=O)Nc1ccc(OC)c(S(N)(=O)=O)c1. The number of sulfonamides is 1. The van der Waals surface area contributed by atoms with Gasteiger partial charge in [0.2, 0.25) is 10.0 Å². The summed E-state index contributed by atoms with van der Waals surface area (Å²) in [6.07, 6.45) is 0. The topological polar surface area (TPSA) is 111 Å². The van der Waals surface area contributed by atoms with E-state index in [0.717, 1.165) is 0 Å². The molecule has 1 aromatic carbocycles. The van der Waals surface area contributed by atoms with E-state index in [1.54, 1.807) is 0 Å². The van der Waals surface area contributed by atoms with E-state index in [-0.39, 0.29) is 10.6 Å². The van der Waals surface area contributed by atoms with Crippen molar-refractivity contribution < 1.29 is 17.9 Å². The van der Waals surface area contributed by atoms with Crippen LogP contribution in [-0.2, 0) is 10.0 Å². The Morgan fingerprint density at radius 2 is 2.06 bits per heavy atom. The number of hydrogen-bond donors (Lipinski definition) is 3. The van der Waals surface area contributed by atoms with E-state index < -0.39 is 16.1 Å². The second kappa shape index (κ2) is 5.02. The van der Waals surface area contributed by atoms with Crippen LogP contribution in [0.1, 0.15) is 0 Å². The number of rotatable bonds is 3. The van der Waals surface area contributed by atoms with E-state index in [4.69, 9.17) is 9.88 Å². The van der Waals surface area contributed by atoms with Crippen LogP contribution >= 0.6 is 0 Å². The summed E-state index contributed by atoms with van der Waals surface area (Å²) in [5.41, 5.74) is 0.300. The molecule has 0 saturated heterocycles. The number of methoxy groups -OCH3 is 1. The van der Waals surface area contributed by atoms with Crippen molar-refractivity contribution in [3.05, 3.63) is 18.2 Å². The Hall–Kier alpha value is -1.80. The van der Waals surface area contributed by atoms with Crippen molar-refractivity contribution in [2.75, 3.05) is 19.5 Å². The fraction of sp³-hybridized carbons (Fsp3) is 0.222. The molecule has 0 heterocycles. The molecule has 94 valence electrons. The number of nitrogens with two attached hydrogens (primary N) is 1. The summed E-state index contributed by atoms with van der Waals surface area (Å²) in [6.45, 7) is 0. The summed E-state index contributed by atoms with van der Waals surface area (Å²) >= 11 is 0. The van der Waals surface area contributed by atoms with Crippen molar-refractivity contribution in [3.8, 4) is 5.75 Å². The molecule has 0 radical (unpaired) electrons. The lowest BCUT2D eigenvalue weighted by Gasteiger charge is -2.09. The van der Waals surface area contributed by atoms with Gasteiger partial charge in [0.15, 0.2) is 0 Å². The minimum Gasteiger partial charge on any atom is -0.495 e. The minimum atomic E-state index is -3.91. The Kier molecular flexibility index (Phi) is 3.92. The van der Waals surface area contributed by atoms with Gasteiger partial charge in [0.05, 0.1) is 7.11 Å². The average Bonchev–Trinajstić information content (AvgIpc) is 2.27. The van der Waals surface area contributed by atoms with Crippen molar-refractivity contribution in [3.63, 3.8) is 0 Å². The molecule has 4 N–H and O–H groups in total. The van der Waals surface area contributed by atoms with Crippen LogP contribution < -0.4 is 20.5 Å². The summed E-state index contributed by atoms with van der Waals surface area (Å²) in [6, 6.07) is 3.67. The smallest absolute Gasteiger partial charge is 0.318 e. The number of benzene rings is 1. The molecule has 1 rings (SSSR count). The maximum Gasteiger partial charge on any atom is 0.318 e. The Labute approximate surface area is 99.0 Å². The van der Waals surface area contributed by atoms with Crippen LogP contribution in [0.5, 0.6) is 5.75 Å². The zero-order valence-electron chi connectivity index (χ0n) is 9.35. The maximum atomic E-state index is 11.3. The van der Waals surface area contributed by atoms with Gasteiger partial charge in [0.1, 0.15) is 10.6 Å². The predicted octanol–water partition coefficient (Wildman–Crippen LogP) is 0.0939. The summed E-state index contributed by atoms with van der Waals surface area (Å²) < 4.78 is 27.4. The van der Waals surface area contributed by atoms with Gasteiger partial charge in [-0.05, 0) is 18.2 Å². The highest BCUT2D eigenvalue weighted by molar-refractivity contribution is 7.89. The van der Waals surface area contributed by atoms with Gasteiger partial charge in [0, 0.05) is 12.7 Å². The van der Waals surface area contributed by atoms with Gasteiger partial charge in [-0.15, -0.1) is 0 Å². The van der Waals surface area contributed by atoms with Gasteiger partial charge in [-0.3, -0.25) is 0 Å². The number of anilines is 1. The molecule has 8 heteroatoms. The molecule has 0 bridgehead atoms. The number of carbonyl (C=O) groups excluding carboxylic acids is 1. The second-order valence-corrected chi connectivity index (χ2v) is 4.64. The average molecular weight is 259 g/mol. The van der Waals surface area contributed by atoms with Crippen molar-refractivity contribution in [1.29, 1.82) is 0 Å². The molecule has 0 unspecified atom stereocenters. The standard InChI is InChI=1S/C9H13N3O4S/c1-11-9(13)12-6-3-4-7(16-2)8(5-6)17(10,14)15/h3-5H,1-2H3,(H2,10,14,15)(H2,11,12,13). The summed E-state index contributed by atoms with van der Waals surface area (Å²) in [5, 5.41) is 9.80. The molecule has 7 nitrogen and oxygen atoms in total. The van der Waals surface area contributed by atoms with Crippen LogP contribution in [0, 0.1) is 0 Å². The summed E-state index contributed by atoms with van der Waals surface area (Å²) in [7, 11) is -1.13. The van der Waals surface area contributed by atoms with Crippen molar-refractivity contribution in [2.24, 2.45) is 5.14 Å². The van der Waals surface area contributed by atoms with Gasteiger partial charge in [-0.25, -0.2) is 18.4 Å². The first kappa shape index (κ1) is 13.3. The number of amides is 2. The van der Waals surface area contributed by atoms with Crippen LogP contribution in [0.25, 0.3) is 0 Å². The number of carbonyl (C=O) groups is 1. The summed E-state index contributed by atoms with van der Waals surface area (Å²) in [5.74, 6) is 0.120. The molecule has 0 spiro atoms. The van der Waals surface area contributed by atoms with Gasteiger partial charge in [-0.2, -0.15) is 0 Å². The summed E-state index contributed by atoms with van der Waals surface area (Å²) in [4.78, 5) is 10.9. The van der Waals surface area contributed by atoms with E-state index in [1.165, 1.54) is 32.4 Å². The first-order valence-corrected chi connectivity index (χ1v) is 6.12. The predicted molar refractivity (Wildman–Crippen MR) is 62.4 cm³/mol. The van der Waals surface area contributed by atoms with Gasteiger partial charge >= 0.3 is 6.03 Å². The lowest BCUT2D eigenvalue weighted by Crippen LogP contribution is -2.24. The number of urea groups is 1. The van der Waals surface area contributed by atoms with E-state index in [9.17, 15) is 13.2 Å². The highest BCUT2D eigenvalue weighted by Crippen LogP contribution is 2.25. The van der Waals surface area contributed by atoms with Crippen LogP contribution in [0.15, 0.2) is 23.1 Å². The molecule has 0 fully saturated rings. The fourth-order valence-corrected chi connectivity index (χ4v) is 1.89. The molecule has 0 aliphatic carbocycles. The molecular formula is C9H13N3O4S. The van der Waals surface area contributed by atoms with E-state index in [0.29, 0.717) is 5.69 Å². The highest BCUT2D eigenvalue weighted by atomic mass is 32.2. The van der Waals surface area contributed by atoms with Crippen molar-refractivity contribution in [1.82, 2.24) is 5.32 Å². The minimum absolute atomic E-state index is 0.120. The molecular weight excluding hydrogens is 246 g/mol. The monoisotopic (exact) mass is 259 g/mol. The molecule has 2 amide bonds. The van der Waals surface area contributed by atoms with Gasteiger partial charge in [0.25, 0.3) is 0 Å². The third-order valence-electron chi connectivity index (χ3n) is 1.96. The largest absolute Gasteiger partial charge is 0.495 e. The first-order chi connectivity index (χ1) is 7.88. The van der Waals surface area contributed by atoms with Crippen molar-refractivity contribution >= 4 is 21.7 Å². The Bertz CT molecular complexity index is 527. The van der Waals surface area contributed by atoms with Gasteiger partial charge in [-0.1, -0.05) is 0 Å². The third-order valence-corrected chi connectivity index (χ3v) is 2.89. The van der Waals surface area contributed by atoms with Crippen LogP contribution in [0.4, 0.5) is 10.5 Å². The van der Waals surface area contributed by atoms with Crippen LogP contribution in [0.2, 0.25) is 0 Å². The first-order valence-electron chi connectivity index (χ1n) is 4.58. The van der Waals surface area contributed by atoms with Crippen LogP contribution in [0.3, 0.4) is 0 Å². The quantitative estimate of drug-likeness (QED) is 0.714. The molecule has 1 aromatic rings. The normalized spacial score (nSPS) is 10.8. The number of ether oxygens (including phenoxy) is 1. The molecule has 17 heavy (non-hydrogen) atoms. The number of hydrogen-bond acceptors (Lipinski definition) is 4. The molecule has 0 saturated carbocycles. The molecule has 0 atom stereocenters. The lowest BCUT2D eigenvalue weighted by atomic mass is 10.3. The lowest BCUT2D eigenvalue weighted by molar-refractivity contribution is 0.254. The number of nitrogens with one attached hydrogen (secondary N) is 2. The van der Waals surface area contributed by atoms with Gasteiger partial charge < -0.3 is 15.4 Å². The highest BCUT2D eigenvalue weighted by Gasteiger charge is 2.16. The number of primary sulfonamides is 1. The fourth-order valence-electron chi connectivity index (χ4n) is 1.17. The third kappa shape index (κ3) is 3.33. The molecule has 0 aromatic heterocycles. The molecule has 0 aliphatic heterocycles. The Morgan fingerprint density at radius 1 is 1.41 bits per heavy atom. The zero-order valence-corrected chi connectivity index (χ0v) is 10.2. The Morgan fingerprint density at radius 3 is 2.53 bits per heavy atom. The molecule has 0 aliphatic rings.